The number of anilines is 2. The van der Waals surface area contributed by atoms with Crippen molar-refractivity contribution in [2.24, 2.45) is 0 Å². The van der Waals surface area contributed by atoms with Gasteiger partial charge in [-0.2, -0.15) is 13.2 Å². The van der Waals surface area contributed by atoms with Crippen LogP contribution in [0.3, 0.4) is 0 Å². The molecule has 0 radical (unpaired) electrons. The van der Waals surface area contributed by atoms with Crippen LogP contribution < -0.4 is 20.1 Å². The Morgan fingerprint density at radius 1 is 0.688 bits per heavy atom. The van der Waals surface area contributed by atoms with Crippen molar-refractivity contribution in [3.05, 3.63) is 83.9 Å². The lowest BCUT2D eigenvalue weighted by atomic mass is 9.93. The molecule has 4 aromatic rings. The highest BCUT2D eigenvalue weighted by atomic mass is 35.5. The number of hydrogen-bond donors (Lipinski definition) is 4. The highest BCUT2D eigenvalue weighted by Crippen LogP contribution is 2.34. The van der Waals surface area contributed by atoms with Crippen LogP contribution in [0, 0.1) is 5.82 Å². The Bertz CT molecular complexity index is 1620. The number of halogens is 5. The van der Waals surface area contributed by atoms with Gasteiger partial charge in [-0.05, 0) is 93.8 Å². The van der Waals surface area contributed by atoms with E-state index < -0.39 is 17.6 Å². The van der Waals surface area contributed by atoms with Crippen LogP contribution >= 0.6 is 11.6 Å². The highest BCUT2D eigenvalue weighted by molar-refractivity contribution is 6.30. The number of benzene rings is 2. The number of alkyl halides is 3. The number of hydrogen-bond acceptors (Lipinski definition) is 10. The predicted octanol–water partition coefficient (Wildman–Crippen LogP) is 7.78. The van der Waals surface area contributed by atoms with Crippen LogP contribution in [0.2, 0.25) is 5.02 Å². The smallest absolute Gasteiger partial charge is 0.416 e. The number of ether oxygens (including phenoxy) is 2. The zero-order chi connectivity index (χ0) is 34.1. The van der Waals surface area contributed by atoms with E-state index in [4.69, 9.17) is 21.1 Å². The van der Waals surface area contributed by atoms with Gasteiger partial charge in [0.15, 0.2) is 34.7 Å². The molecule has 2 heterocycles. The molecule has 0 bridgehead atoms. The van der Waals surface area contributed by atoms with Crippen molar-refractivity contribution >= 4 is 23.2 Å². The van der Waals surface area contributed by atoms with Gasteiger partial charge in [0.05, 0.1) is 30.2 Å². The molecule has 0 amide bonds. The molecule has 0 unspecified atom stereocenters. The molecule has 0 spiro atoms. The summed E-state index contributed by atoms with van der Waals surface area (Å²) >= 11 is 5.74. The summed E-state index contributed by atoms with van der Waals surface area (Å²) in [4.78, 5) is 16.2. The number of nitrogens with one attached hydrogen (secondary N) is 2. The Balaban J connectivity index is 0.000000188. The first kappa shape index (κ1) is 35.0. The molecule has 48 heavy (non-hydrogen) atoms. The van der Waals surface area contributed by atoms with E-state index in [0.29, 0.717) is 28.2 Å². The van der Waals surface area contributed by atoms with Gasteiger partial charge in [-0.25, -0.2) is 24.3 Å². The first-order chi connectivity index (χ1) is 23.0. The van der Waals surface area contributed by atoms with Gasteiger partial charge in [0.1, 0.15) is 18.4 Å². The molecule has 6 rings (SSSR count). The topological polar surface area (TPSA) is 135 Å². The van der Waals surface area contributed by atoms with Gasteiger partial charge in [-0.1, -0.05) is 11.6 Å². The van der Waals surface area contributed by atoms with Gasteiger partial charge in [0, 0.05) is 17.1 Å². The lowest BCUT2D eigenvalue weighted by Crippen LogP contribution is -2.28. The van der Waals surface area contributed by atoms with Crippen LogP contribution in [0.25, 0.3) is 0 Å². The Kier molecular flexibility index (Phi) is 11.8. The van der Waals surface area contributed by atoms with Gasteiger partial charge in [0.2, 0.25) is 0 Å². The Morgan fingerprint density at radius 3 is 1.67 bits per heavy atom. The minimum Gasteiger partial charge on any atom is -0.452 e. The van der Waals surface area contributed by atoms with Gasteiger partial charge in [-0.15, -0.1) is 0 Å². The summed E-state index contributed by atoms with van der Waals surface area (Å²) in [7, 11) is 0. The maximum atomic E-state index is 13.9. The van der Waals surface area contributed by atoms with Gasteiger partial charge >= 0.3 is 6.18 Å². The number of aromatic nitrogens is 4. The minimum absolute atomic E-state index is 0.0614. The summed E-state index contributed by atoms with van der Waals surface area (Å²) in [6, 6.07) is 9.02. The molecule has 2 aliphatic rings. The van der Waals surface area contributed by atoms with E-state index >= 15 is 0 Å². The van der Waals surface area contributed by atoms with Crippen molar-refractivity contribution in [3.63, 3.8) is 0 Å². The molecular weight excluding hydrogens is 656 g/mol. The largest absolute Gasteiger partial charge is 0.452 e. The van der Waals surface area contributed by atoms with E-state index in [9.17, 15) is 27.8 Å². The third-order valence-electron chi connectivity index (χ3n) is 7.96. The molecule has 2 aliphatic carbocycles. The van der Waals surface area contributed by atoms with Crippen LogP contribution in [-0.4, -0.2) is 54.4 Å². The zero-order valence-corrected chi connectivity index (χ0v) is 26.5. The third kappa shape index (κ3) is 10.1. The number of rotatable bonds is 8. The molecule has 2 fully saturated rings. The van der Waals surface area contributed by atoms with E-state index in [2.05, 4.69) is 30.6 Å². The second kappa shape index (κ2) is 16.2. The fourth-order valence-corrected chi connectivity index (χ4v) is 5.50. The number of nitrogens with zero attached hydrogens (tertiary/aromatic N) is 4. The first-order valence-electron chi connectivity index (χ1n) is 15.5. The number of aliphatic hydroxyl groups excluding tert-OH is 2. The second-order valence-corrected chi connectivity index (χ2v) is 12.0. The Morgan fingerprint density at radius 2 is 1.19 bits per heavy atom. The summed E-state index contributed by atoms with van der Waals surface area (Å²) in [6.07, 6.45) is 7.13. The fourth-order valence-electron chi connectivity index (χ4n) is 5.34. The summed E-state index contributed by atoms with van der Waals surface area (Å²) in [5.41, 5.74) is -0.733. The molecule has 256 valence electrons. The average Bonchev–Trinajstić information content (AvgIpc) is 3.06. The highest BCUT2D eigenvalue weighted by Gasteiger charge is 2.30. The van der Waals surface area contributed by atoms with E-state index in [0.717, 1.165) is 63.5 Å². The molecule has 2 aromatic carbocycles. The van der Waals surface area contributed by atoms with Crippen molar-refractivity contribution in [3.8, 4) is 23.0 Å². The lowest BCUT2D eigenvalue weighted by molar-refractivity contribution is -0.137. The molecule has 2 aromatic heterocycles. The van der Waals surface area contributed by atoms with Gasteiger partial charge in [-0.3, -0.25) is 0 Å². The first-order valence-corrected chi connectivity index (χ1v) is 15.9. The molecule has 0 atom stereocenters. The Labute approximate surface area is 279 Å². The molecule has 0 aliphatic heterocycles. The molecule has 4 N–H and O–H groups in total. The summed E-state index contributed by atoms with van der Waals surface area (Å²) in [6.45, 7) is 0. The van der Waals surface area contributed by atoms with E-state index in [1.54, 1.807) is 6.07 Å². The standard InChI is InChI=1S/C17H18F3N3O2.C16H17ClFN3O2/c18-17(19,20)11-1-7-14(8-2-11)25-15-9-21-10-22-16(15)23-12-3-5-13(24)6-4-12;17-10-1-6-14(13(18)7-10)23-15-8-19-9-20-16(15)21-11-2-4-12(22)5-3-11/h1-2,7-10,12-13,24H,3-6H2,(H,21,22,23);1,6-9,11-12,22H,2-5H2,(H,19,20,21). The minimum atomic E-state index is -4.38. The zero-order valence-electron chi connectivity index (χ0n) is 25.7. The second-order valence-electron chi connectivity index (χ2n) is 11.6. The van der Waals surface area contributed by atoms with Gasteiger partial charge < -0.3 is 30.3 Å². The summed E-state index contributed by atoms with van der Waals surface area (Å²) in [5, 5.41) is 26.0. The van der Waals surface area contributed by atoms with E-state index in [-0.39, 0.29) is 35.8 Å². The molecule has 15 heteroatoms. The van der Waals surface area contributed by atoms with Crippen molar-refractivity contribution in [1.29, 1.82) is 0 Å². The summed E-state index contributed by atoms with van der Waals surface area (Å²) < 4.78 is 62.9. The monoisotopic (exact) mass is 690 g/mol. The van der Waals surface area contributed by atoms with E-state index in [1.807, 2.05) is 0 Å². The van der Waals surface area contributed by atoms with Crippen molar-refractivity contribution in [2.45, 2.75) is 81.8 Å². The van der Waals surface area contributed by atoms with Crippen LogP contribution in [0.1, 0.15) is 56.9 Å². The quantitative estimate of drug-likeness (QED) is 0.136. The maximum Gasteiger partial charge on any atom is 0.416 e. The van der Waals surface area contributed by atoms with Crippen LogP contribution in [0.15, 0.2) is 67.5 Å². The fraction of sp³-hybridized carbons (Fsp3) is 0.394. The van der Waals surface area contributed by atoms with Gasteiger partial charge in [0.25, 0.3) is 0 Å². The van der Waals surface area contributed by atoms with Crippen molar-refractivity contribution in [2.75, 3.05) is 10.6 Å². The van der Waals surface area contributed by atoms with Crippen LogP contribution in [0.4, 0.5) is 29.2 Å². The maximum absolute atomic E-state index is 13.9. The summed E-state index contributed by atoms with van der Waals surface area (Å²) in [5.74, 6) is 1.46. The van der Waals surface area contributed by atoms with Crippen molar-refractivity contribution in [1.82, 2.24) is 19.9 Å². The average molecular weight is 691 g/mol. The molecular formula is C33H35ClF4N6O4. The SMILES string of the molecule is OC1CCC(Nc2ncncc2Oc2ccc(C(F)(F)F)cc2)CC1.OC1CCC(Nc2ncncc2Oc2ccc(Cl)cc2F)CC1. The van der Waals surface area contributed by atoms with E-state index in [1.165, 1.54) is 49.3 Å². The van der Waals surface area contributed by atoms with Crippen LogP contribution in [0.5, 0.6) is 23.0 Å². The normalized spacial score (nSPS) is 21.0. The third-order valence-corrected chi connectivity index (χ3v) is 8.19. The molecule has 0 saturated heterocycles. The van der Waals surface area contributed by atoms with Crippen LogP contribution in [-0.2, 0) is 6.18 Å². The molecule has 10 nitrogen and oxygen atoms in total. The Hall–Kier alpha value is -4.27. The van der Waals surface area contributed by atoms with Crippen molar-refractivity contribution < 1.29 is 37.2 Å². The predicted molar refractivity (Wildman–Crippen MR) is 171 cm³/mol. The number of aliphatic hydroxyl groups is 2. The lowest BCUT2D eigenvalue weighted by Gasteiger charge is -2.27. The molecule has 2 saturated carbocycles.